The summed E-state index contributed by atoms with van der Waals surface area (Å²) >= 11 is 6.28. The van der Waals surface area contributed by atoms with E-state index >= 15 is 0 Å². The number of nitrogens with zero attached hydrogens (tertiary/aromatic N) is 3. The molecule has 146 valence electrons. The first-order valence-corrected chi connectivity index (χ1v) is 10.5. The van der Waals surface area contributed by atoms with Gasteiger partial charge in [0.25, 0.3) is 0 Å². The van der Waals surface area contributed by atoms with Gasteiger partial charge in [-0.3, -0.25) is 4.98 Å². The van der Waals surface area contributed by atoms with Crippen LogP contribution < -0.4 is 0 Å². The van der Waals surface area contributed by atoms with Gasteiger partial charge in [0.2, 0.25) is 0 Å². The van der Waals surface area contributed by atoms with E-state index in [0.29, 0.717) is 5.92 Å². The normalized spacial score (nSPS) is 15.9. The minimum Gasteiger partial charge on any atom is -0.351 e. The Morgan fingerprint density at radius 3 is 2.89 bits per heavy atom. The molecule has 1 aliphatic carbocycles. The molecule has 1 atom stereocenters. The number of pyridine rings is 1. The monoisotopic (exact) mass is 394 g/mol. The topological polar surface area (TPSA) is 44.8 Å². The minimum absolute atomic E-state index is 0.333. The third-order valence-electron chi connectivity index (χ3n) is 5.73. The van der Waals surface area contributed by atoms with Gasteiger partial charge in [0, 0.05) is 23.3 Å². The van der Waals surface area contributed by atoms with E-state index in [0.717, 1.165) is 55.9 Å². The molecule has 1 aromatic carbocycles. The molecule has 0 spiro atoms. The second-order valence-electron chi connectivity index (χ2n) is 7.70. The Kier molecular flexibility index (Phi) is 6.08. The Labute approximate surface area is 172 Å². The minimum atomic E-state index is 0.333. The zero-order valence-corrected chi connectivity index (χ0v) is 17.1. The lowest BCUT2D eigenvalue weighted by atomic mass is 9.88. The highest BCUT2D eigenvalue weighted by atomic mass is 35.5. The summed E-state index contributed by atoms with van der Waals surface area (Å²) in [5.74, 6) is 0.333. The second kappa shape index (κ2) is 8.89. The van der Waals surface area contributed by atoms with Crippen LogP contribution in [0.3, 0.4) is 0 Å². The fourth-order valence-electron chi connectivity index (χ4n) is 4.23. The van der Waals surface area contributed by atoms with Crippen molar-refractivity contribution in [2.75, 3.05) is 20.1 Å². The number of imidazole rings is 1. The van der Waals surface area contributed by atoms with Gasteiger partial charge in [-0.25, -0.2) is 4.98 Å². The van der Waals surface area contributed by atoms with Crippen molar-refractivity contribution in [3.05, 3.63) is 82.2 Å². The van der Waals surface area contributed by atoms with Crippen molar-refractivity contribution >= 4 is 11.6 Å². The van der Waals surface area contributed by atoms with Crippen LogP contribution in [-0.2, 0) is 19.3 Å². The number of H-pyrrole nitrogens is 1. The Balaban J connectivity index is 1.45. The lowest BCUT2D eigenvalue weighted by Crippen LogP contribution is -2.23. The Hall–Kier alpha value is -2.17. The molecule has 0 fully saturated rings. The zero-order valence-electron chi connectivity index (χ0n) is 16.4. The predicted octanol–water partition coefficient (Wildman–Crippen LogP) is 4.64. The van der Waals surface area contributed by atoms with Crippen LogP contribution in [0.15, 0.2) is 49.1 Å². The Morgan fingerprint density at radius 2 is 2.04 bits per heavy atom. The fraction of sp³-hybridized carbons (Fsp3) is 0.391. The average molecular weight is 395 g/mol. The average Bonchev–Trinajstić information content (AvgIpc) is 3.16. The molecule has 4 rings (SSSR count). The van der Waals surface area contributed by atoms with Crippen LogP contribution in [0.4, 0.5) is 0 Å². The van der Waals surface area contributed by atoms with E-state index in [9.17, 15) is 0 Å². The number of nitrogens with one attached hydrogen (secondary N) is 1. The van der Waals surface area contributed by atoms with E-state index < -0.39 is 0 Å². The van der Waals surface area contributed by atoms with E-state index in [1.54, 1.807) is 6.33 Å². The first kappa shape index (κ1) is 19.2. The summed E-state index contributed by atoms with van der Waals surface area (Å²) in [6.45, 7) is 2.12. The highest BCUT2D eigenvalue weighted by Gasteiger charge is 2.25. The SMILES string of the molecule is CN(CCCc1c[nH]cn1)CCC1c2ccc(Cl)cc2CCc2cccnc21. The quantitative estimate of drug-likeness (QED) is 0.634. The summed E-state index contributed by atoms with van der Waals surface area (Å²) in [6.07, 6.45) is 10.9. The summed E-state index contributed by atoms with van der Waals surface area (Å²) in [4.78, 5) is 14.5. The molecular formula is C23H27ClN4. The number of rotatable bonds is 7. The second-order valence-corrected chi connectivity index (χ2v) is 8.14. The first-order chi connectivity index (χ1) is 13.7. The molecule has 0 bridgehead atoms. The maximum atomic E-state index is 6.28. The van der Waals surface area contributed by atoms with Crippen LogP contribution in [-0.4, -0.2) is 40.0 Å². The van der Waals surface area contributed by atoms with Gasteiger partial charge in [-0.2, -0.15) is 0 Å². The molecule has 0 radical (unpaired) electrons. The number of benzene rings is 1. The van der Waals surface area contributed by atoms with Crippen molar-refractivity contribution in [2.45, 2.75) is 38.0 Å². The number of aryl methyl sites for hydroxylation is 3. The lowest BCUT2D eigenvalue weighted by molar-refractivity contribution is 0.318. The molecule has 0 aliphatic heterocycles. The van der Waals surface area contributed by atoms with Gasteiger partial charge < -0.3 is 9.88 Å². The molecule has 28 heavy (non-hydrogen) atoms. The Morgan fingerprint density at radius 1 is 1.14 bits per heavy atom. The predicted molar refractivity (Wildman–Crippen MR) is 114 cm³/mol. The van der Waals surface area contributed by atoms with Crippen molar-refractivity contribution < 1.29 is 0 Å². The van der Waals surface area contributed by atoms with E-state index in [-0.39, 0.29) is 0 Å². The maximum absolute atomic E-state index is 6.28. The van der Waals surface area contributed by atoms with E-state index in [1.165, 1.54) is 22.4 Å². The maximum Gasteiger partial charge on any atom is 0.0923 e. The van der Waals surface area contributed by atoms with Gasteiger partial charge in [0.15, 0.2) is 0 Å². The molecular weight excluding hydrogens is 368 g/mol. The summed E-state index contributed by atoms with van der Waals surface area (Å²) in [6, 6.07) is 10.7. The van der Waals surface area contributed by atoms with Crippen LogP contribution >= 0.6 is 11.6 Å². The number of halogens is 1. The van der Waals surface area contributed by atoms with Crippen LogP contribution in [0.1, 0.15) is 46.8 Å². The van der Waals surface area contributed by atoms with Gasteiger partial charge in [0.05, 0.1) is 17.7 Å². The molecule has 0 saturated carbocycles. The molecule has 0 amide bonds. The largest absolute Gasteiger partial charge is 0.351 e. The number of aromatic amines is 1. The van der Waals surface area contributed by atoms with Gasteiger partial charge in [0.1, 0.15) is 0 Å². The zero-order chi connectivity index (χ0) is 19.3. The van der Waals surface area contributed by atoms with Gasteiger partial charge >= 0.3 is 0 Å². The van der Waals surface area contributed by atoms with E-state index in [2.05, 4.69) is 46.2 Å². The summed E-state index contributed by atoms with van der Waals surface area (Å²) in [5, 5.41) is 0.826. The van der Waals surface area contributed by atoms with Gasteiger partial charge in [-0.1, -0.05) is 23.7 Å². The number of aromatic nitrogens is 3. The molecule has 5 heteroatoms. The smallest absolute Gasteiger partial charge is 0.0923 e. The molecule has 1 aliphatic rings. The molecule has 2 aromatic heterocycles. The summed E-state index contributed by atoms with van der Waals surface area (Å²) in [5.41, 5.74) is 6.53. The highest BCUT2D eigenvalue weighted by Crippen LogP contribution is 2.36. The van der Waals surface area contributed by atoms with Crippen LogP contribution in [0, 0.1) is 0 Å². The summed E-state index contributed by atoms with van der Waals surface area (Å²) < 4.78 is 0. The van der Waals surface area contributed by atoms with Gasteiger partial charge in [-0.05, 0) is 87.1 Å². The number of hydrogen-bond donors (Lipinski definition) is 1. The fourth-order valence-corrected chi connectivity index (χ4v) is 4.43. The Bertz CT molecular complexity index is 907. The lowest BCUT2D eigenvalue weighted by Gasteiger charge is -2.23. The molecule has 4 nitrogen and oxygen atoms in total. The first-order valence-electron chi connectivity index (χ1n) is 10.1. The van der Waals surface area contributed by atoms with Crippen LogP contribution in [0.5, 0.6) is 0 Å². The van der Waals surface area contributed by atoms with Crippen molar-refractivity contribution in [3.8, 4) is 0 Å². The molecule has 1 N–H and O–H groups in total. The van der Waals surface area contributed by atoms with Crippen LogP contribution in [0.25, 0.3) is 0 Å². The molecule has 1 unspecified atom stereocenters. The third kappa shape index (κ3) is 4.45. The standard InChI is InChI=1S/C23H27ClN4/c1-28(12-3-5-20-15-25-16-27-20)13-10-22-21-9-8-19(24)14-18(21)7-6-17-4-2-11-26-23(17)22/h2,4,8-9,11,14-16,22H,3,5-7,10,12-13H2,1H3,(H,25,27). The van der Waals surface area contributed by atoms with Crippen molar-refractivity contribution in [1.29, 1.82) is 0 Å². The van der Waals surface area contributed by atoms with E-state index in [1.807, 2.05) is 18.5 Å². The highest BCUT2D eigenvalue weighted by molar-refractivity contribution is 6.30. The molecule has 2 heterocycles. The number of fused-ring (bicyclic) bond motifs is 2. The van der Waals surface area contributed by atoms with E-state index in [4.69, 9.17) is 16.6 Å². The number of hydrogen-bond acceptors (Lipinski definition) is 3. The molecule has 0 saturated heterocycles. The third-order valence-corrected chi connectivity index (χ3v) is 5.96. The van der Waals surface area contributed by atoms with Crippen LogP contribution in [0.2, 0.25) is 5.02 Å². The van der Waals surface area contributed by atoms with Crippen molar-refractivity contribution in [3.63, 3.8) is 0 Å². The van der Waals surface area contributed by atoms with Crippen molar-refractivity contribution in [2.24, 2.45) is 0 Å². The van der Waals surface area contributed by atoms with Gasteiger partial charge in [-0.15, -0.1) is 0 Å². The molecule has 3 aromatic rings. The van der Waals surface area contributed by atoms with Crippen molar-refractivity contribution in [1.82, 2.24) is 19.9 Å². The summed E-state index contributed by atoms with van der Waals surface area (Å²) in [7, 11) is 2.21.